The average Bonchev–Trinajstić information content (AvgIpc) is 3.02. The van der Waals surface area contributed by atoms with E-state index in [1.807, 2.05) is 4.90 Å². The van der Waals surface area contributed by atoms with Crippen molar-refractivity contribution in [3.63, 3.8) is 0 Å². The Hall–Kier alpha value is -0.650. The monoisotopic (exact) mass is 267 g/mol. The molecule has 3 aliphatic rings. The molecule has 1 amide bonds. The minimum absolute atomic E-state index is 0.148. The SMILES string of the molecule is O=C(C1CCCO1)N1CCN(C2CCNCC2)CC1. The number of ether oxygens (including phenoxy) is 1. The van der Waals surface area contributed by atoms with Crippen LogP contribution in [0.1, 0.15) is 25.7 Å². The van der Waals surface area contributed by atoms with E-state index < -0.39 is 0 Å². The molecular formula is C14H25N3O2. The largest absolute Gasteiger partial charge is 0.368 e. The number of piperidine rings is 1. The van der Waals surface area contributed by atoms with Gasteiger partial charge in [0.05, 0.1) is 0 Å². The Morgan fingerprint density at radius 3 is 2.42 bits per heavy atom. The van der Waals surface area contributed by atoms with Crippen LogP contribution in [0.25, 0.3) is 0 Å². The molecule has 0 radical (unpaired) electrons. The molecule has 0 aromatic carbocycles. The molecule has 0 aliphatic carbocycles. The van der Waals surface area contributed by atoms with E-state index in [4.69, 9.17) is 4.74 Å². The highest BCUT2D eigenvalue weighted by Gasteiger charge is 2.32. The first kappa shape index (κ1) is 13.3. The zero-order valence-corrected chi connectivity index (χ0v) is 11.6. The highest BCUT2D eigenvalue weighted by Crippen LogP contribution is 2.18. The standard InChI is InChI=1S/C14H25N3O2/c18-14(13-2-1-11-19-13)17-9-7-16(8-10-17)12-3-5-15-6-4-12/h12-13,15H,1-11H2. The number of nitrogens with zero attached hydrogens (tertiary/aromatic N) is 2. The van der Waals surface area contributed by atoms with Gasteiger partial charge in [-0.15, -0.1) is 0 Å². The summed E-state index contributed by atoms with van der Waals surface area (Å²) in [4.78, 5) is 16.8. The van der Waals surface area contributed by atoms with Crippen LogP contribution in [0, 0.1) is 0 Å². The third kappa shape index (κ3) is 3.09. The first-order valence-corrected chi connectivity index (χ1v) is 7.70. The topological polar surface area (TPSA) is 44.8 Å². The second kappa shape index (κ2) is 6.20. The summed E-state index contributed by atoms with van der Waals surface area (Å²) < 4.78 is 5.50. The van der Waals surface area contributed by atoms with Crippen LogP contribution in [0.5, 0.6) is 0 Å². The number of nitrogens with one attached hydrogen (secondary N) is 1. The van der Waals surface area contributed by atoms with Crippen LogP contribution in [0.3, 0.4) is 0 Å². The van der Waals surface area contributed by atoms with Gasteiger partial charge < -0.3 is 15.0 Å². The number of carbonyl (C=O) groups is 1. The fraction of sp³-hybridized carbons (Fsp3) is 0.929. The van der Waals surface area contributed by atoms with E-state index in [-0.39, 0.29) is 12.0 Å². The molecule has 1 unspecified atom stereocenters. The van der Waals surface area contributed by atoms with Crippen molar-refractivity contribution in [1.82, 2.24) is 15.1 Å². The zero-order valence-electron chi connectivity index (χ0n) is 11.6. The van der Waals surface area contributed by atoms with Crippen molar-refractivity contribution in [2.24, 2.45) is 0 Å². The van der Waals surface area contributed by atoms with Gasteiger partial charge in [-0.3, -0.25) is 9.69 Å². The van der Waals surface area contributed by atoms with E-state index in [9.17, 15) is 4.79 Å². The molecule has 108 valence electrons. The summed E-state index contributed by atoms with van der Waals surface area (Å²) in [5.41, 5.74) is 0. The number of rotatable bonds is 2. The van der Waals surface area contributed by atoms with Crippen LogP contribution in [-0.4, -0.2) is 73.7 Å². The lowest BCUT2D eigenvalue weighted by Gasteiger charge is -2.41. The number of carbonyl (C=O) groups excluding carboxylic acids is 1. The van der Waals surface area contributed by atoms with Crippen LogP contribution in [-0.2, 0) is 9.53 Å². The van der Waals surface area contributed by atoms with Gasteiger partial charge >= 0.3 is 0 Å². The van der Waals surface area contributed by atoms with Gasteiger partial charge in [0, 0.05) is 38.8 Å². The third-order valence-corrected chi connectivity index (χ3v) is 4.66. The van der Waals surface area contributed by atoms with E-state index >= 15 is 0 Å². The fourth-order valence-electron chi connectivity index (χ4n) is 3.46. The molecule has 1 atom stereocenters. The summed E-state index contributed by atoms with van der Waals surface area (Å²) in [5.74, 6) is 0.225. The molecule has 3 rings (SSSR count). The maximum atomic E-state index is 12.3. The van der Waals surface area contributed by atoms with Crippen LogP contribution in [0.4, 0.5) is 0 Å². The lowest BCUT2D eigenvalue weighted by Crippen LogP contribution is -2.55. The fourth-order valence-corrected chi connectivity index (χ4v) is 3.46. The van der Waals surface area contributed by atoms with Gasteiger partial charge in [0.25, 0.3) is 5.91 Å². The molecule has 5 nitrogen and oxygen atoms in total. The van der Waals surface area contributed by atoms with Crippen molar-refractivity contribution in [3.05, 3.63) is 0 Å². The van der Waals surface area contributed by atoms with Crippen molar-refractivity contribution in [1.29, 1.82) is 0 Å². The predicted molar refractivity (Wildman–Crippen MR) is 73.0 cm³/mol. The van der Waals surface area contributed by atoms with Gasteiger partial charge in [-0.25, -0.2) is 0 Å². The molecule has 0 spiro atoms. The van der Waals surface area contributed by atoms with Gasteiger partial charge in [0.15, 0.2) is 0 Å². The first-order valence-electron chi connectivity index (χ1n) is 7.70. The first-order chi connectivity index (χ1) is 9.34. The Labute approximate surface area is 115 Å². The molecule has 3 saturated heterocycles. The van der Waals surface area contributed by atoms with Crippen molar-refractivity contribution in [2.45, 2.75) is 37.8 Å². The number of piperazine rings is 1. The Morgan fingerprint density at radius 2 is 1.79 bits per heavy atom. The number of hydrogen-bond donors (Lipinski definition) is 1. The molecule has 19 heavy (non-hydrogen) atoms. The van der Waals surface area contributed by atoms with E-state index in [2.05, 4.69) is 10.2 Å². The Morgan fingerprint density at radius 1 is 1.05 bits per heavy atom. The molecule has 3 aliphatic heterocycles. The predicted octanol–water partition coefficient (Wildman–Crippen LogP) is 0.0616. The van der Waals surface area contributed by atoms with Gasteiger partial charge in [-0.05, 0) is 38.8 Å². The van der Waals surface area contributed by atoms with Crippen LogP contribution < -0.4 is 5.32 Å². The molecule has 0 aromatic rings. The summed E-state index contributed by atoms with van der Waals surface area (Å²) in [6.45, 7) is 6.85. The van der Waals surface area contributed by atoms with Crippen molar-refractivity contribution >= 4 is 5.91 Å². The molecule has 0 aromatic heterocycles. The summed E-state index contributed by atoms with van der Waals surface area (Å²) in [5, 5.41) is 3.41. The summed E-state index contributed by atoms with van der Waals surface area (Å²) in [6, 6.07) is 0.723. The van der Waals surface area contributed by atoms with Crippen molar-refractivity contribution in [3.8, 4) is 0 Å². The van der Waals surface area contributed by atoms with Gasteiger partial charge in [-0.1, -0.05) is 0 Å². The van der Waals surface area contributed by atoms with Crippen molar-refractivity contribution in [2.75, 3.05) is 45.9 Å². The second-order valence-electron chi connectivity index (χ2n) is 5.84. The normalized spacial score (nSPS) is 30.7. The highest BCUT2D eigenvalue weighted by atomic mass is 16.5. The maximum absolute atomic E-state index is 12.3. The number of amides is 1. The molecule has 3 heterocycles. The Balaban J connectivity index is 1.47. The van der Waals surface area contributed by atoms with Crippen LogP contribution in [0.15, 0.2) is 0 Å². The third-order valence-electron chi connectivity index (χ3n) is 4.66. The minimum Gasteiger partial charge on any atom is -0.368 e. The summed E-state index contributed by atoms with van der Waals surface area (Å²) >= 11 is 0. The van der Waals surface area contributed by atoms with E-state index in [0.717, 1.165) is 64.8 Å². The van der Waals surface area contributed by atoms with Gasteiger partial charge in [0.2, 0.25) is 0 Å². The minimum atomic E-state index is -0.148. The van der Waals surface area contributed by atoms with Crippen LogP contribution in [0.2, 0.25) is 0 Å². The lowest BCUT2D eigenvalue weighted by atomic mass is 10.0. The summed E-state index contributed by atoms with van der Waals surface area (Å²) in [7, 11) is 0. The molecular weight excluding hydrogens is 242 g/mol. The van der Waals surface area contributed by atoms with E-state index in [1.165, 1.54) is 12.8 Å². The maximum Gasteiger partial charge on any atom is 0.251 e. The molecule has 3 fully saturated rings. The van der Waals surface area contributed by atoms with Gasteiger partial charge in [-0.2, -0.15) is 0 Å². The quantitative estimate of drug-likeness (QED) is 0.768. The molecule has 1 N–H and O–H groups in total. The Kier molecular flexibility index (Phi) is 4.35. The highest BCUT2D eigenvalue weighted by molar-refractivity contribution is 5.81. The summed E-state index contributed by atoms with van der Waals surface area (Å²) in [6.07, 6.45) is 4.29. The zero-order chi connectivity index (χ0) is 13.1. The smallest absolute Gasteiger partial charge is 0.251 e. The lowest BCUT2D eigenvalue weighted by molar-refractivity contribution is -0.143. The number of hydrogen-bond acceptors (Lipinski definition) is 4. The van der Waals surface area contributed by atoms with Crippen molar-refractivity contribution < 1.29 is 9.53 Å². The molecule has 0 bridgehead atoms. The molecule has 0 saturated carbocycles. The van der Waals surface area contributed by atoms with Gasteiger partial charge in [0.1, 0.15) is 6.10 Å². The Bertz CT molecular complexity index is 304. The second-order valence-corrected chi connectivity index (χ2v) is 5.84. The van der Waals surface area contributed by atoms with E-state index in [0.29, 0.717) is 0 Å². The average molecular weight is 267 g/mol. The van der Waals surface area contributed by atoms with Crippen LogP contribution >= 0.6 is 0 Å². The molecule has 5 heteroatoms. The van der Waals surface area contributed by atoms with E-state index in [1.54, 1.807) is 0 Å².